The minimum absolute atomic E-state index is 0.0360. The molecule has 0 aliphatic heterocycles. The number of rotatable bonds is 8. The third kappa shape index (κ3) is 9.08. The van der Waals surface area contributed by atoms with Gasteiger partial charge in [-0.3, -0.25) is 14.4 Å². The molecule has 2 amide bonds. The summed E-state index contributed by atoms with van der Waals surface area (Å²) in [6, 6.07) is 0.617. The van der Waals surface area contributed by atoms with Gasteiger partial charge in [0.05, 0.1) is 21.2 Å². The molecule has 0 heterocycles. The van der Waals surface area contributed by atoms with E-state index in [-0.39, 0.29) is 23.5 Å². The maximum atomic E-state index is 15.0. The van der Waals surface area contributed by atoms with Gasteiger partial charge in [-0.25, -0.2) is 4.39 Å². The van der Waals surface area contributed by atoms with E-state index in [0.717, 1.165) is 6.92 Å². The van der Waals surface area contributed by atoms with E-state index in [1.807, 2.05) is 0 Å². The number of alkyl halides is 9. The average Bonchev–Trinajstić information content (AvgIpc) is 2.85. The lowest BCUT2D eigenvalue weighted by Gasteiger charge is -2.20. The minimum atomic E-state index is -5.36. The van der Waals surface area contributed by atoms with Crippen LogP contribution in [-0.4, -0.2) is 43.0 Å². The lowest BCUT2D eigenvalue weighted by molar-refractivity contribution is -0.140. The Kier molecular flexibility index (Phi) is 10.5. The molecule has 0 fully saturated rings. The summed E-state index contributed by atoms with van der Waals surface area (Å²) in [5.74, 6) is -7.57. The maximum Gasteiger partial charge on any atom is 0.417 e. The normalized spacial score (nSPS) is 14.3. The molecule has 17 heteroatoms. The number of aldehydes is 1. The molecule has 0 saturated heterocycles. The molecule has 41 heavy (non-hydrogen) atoms. The molecule has 0 aliphatic rings. The molecule has 2 atom stereocenters. The summed E-state index contributed by atoms with van der Waals surface area (Å²) in [5.41, 5.74) is -5.27. The summed E-state index contributed by atoms with van der Waals surface area (Å²) >= 11 is 11.5. The third-order valence-corrected chi connectivity index (χ3v) is 6.10. The van der Waals surface area contributed by atoms with Crippen LogP contribution in [0.3, 0.4) is 0 Å². The molecule has 0 spiro atoms. The molecule has 5 nitrogen and oxygen atoms in total. The number of amides is 2. The van der Waals surface area contributed by atoms with Crippen LogP contribution >= 0.6 is 23.2 Å². The fraction of sp³-hybridized carbons (Fsp3) is 0.292. The second-order valence-electron chi connectivity index (χ2n) is 8.34. The molecule has 0 radical (unpaired) electrons. The van der Waals surface area contributed by atoms with Crippen molar-refractivity contribution in [3.8, 4) is 0 Å². The highest BCUT2D eigenvalue weighted by atomic mass is 35.5. The number of allylic oxidation sites excluding steroid dienone is 1. The second kappa shape index (κ2) is 12.7. The summed E-state index contributed by atoms with van der Waals surface area (Å²) < 4.78 is 134. The van der Waals surface area contributed by atoms with E-state index in [0.29, 0.717) is 24.3 Å². The van der Waals surface area contributed by atoms with Crippen molar-refractivity contribution in [3.05, 3.63) is 74.3 Å². The van der Waals surface area contributed by atoms with Gasteiger partial charge in [0.15, 0.2) is 6.29 Å². The predicted molar refractivity (Wildman–Crippen MR) is 127 cm³/mol. The summed E-state index contributed by atoms with van der Waals surface area (Å²) in [4.78, 5) is 35.3. The van der Waals surface area contributed by atoms with E-state index in [1.54, 1.807) is 5.32 Å². The van der Waals surface area contributed by atoms with E-state index >= 15 is 0 Å². The first-order valence-corrected chi connectivity index (χ1v) is 11.7. The van der Waals surface area contributed by atoms with Crippen LogP contribution < -0.4 is 10.6 Å². The van der Waals surface area contributed by atoms with Crippen molar-refractivity contribution in [2.75, 3.05) is 6.54 Å². The average molecular weight is 641 g/mol. The monoisotopic (exact) mass is 640 g/mol. The lowest BCUT2D eigenvalue weighted by Crippen LogP contribution is -2.47. The number of halogens is 12. The zero-order valence-corrected chi connectivity index (χ0v) is 21.7. The highest BCUT2D eigenvalue weighted by Gasteiger charge is 2.41. The molecule has 0 saturated carbocycles. The fourth-order valence-electron chi connectivity index (χ4n) is 3.33. The molecule has 224 valence electrons. The summed E-state index contributed by atoms with van der Waals surface area (Å²) in [7, 11) is 0. The molecule has 2 unspecified atom stereocenters. The van der Waals surface area contributed by atoms with Crippen LogP contribution in [0.5, 0.6) is 0 Å². The predicted octanol–water partition coefficient (Wildman–Crippen LogP) is 7.28. The highest BCUT2D eigenvalue weighted by Crippen LogP contribution is 2.41. The van der Waals surface area contributed by atoms with Crippen LogP contribution in [0.2, 0.25) is 10.0 Å². The van der Waals surface area contributed by atoms with Gasteiger partial charge in [0.1, 0.15) is 24.3 Å². The first-order chi connectivity index (χ1) is 18.7. The molecule has 0 aromatic heterocycles. The summed E-state index contributed by atoms with van der Waals surface area (Å²) in [6.07, 6.45) is -15.4. The summed E-state index contributed by atoms with van der Waals surface area (Å²) in [5, 5.41) is 2.32. The zero-order chi connectivity index (χ0) is 31.5. The lowest BCUT2D eigenvalue weighted by atomic mass is 9.94. The van der Waals surface area contributed by atoms with E-state index < -0.39 is 87.5 Å². The Morgan fingerprint density at radius 3 is 2.10 bits per heavy atom. The Balaban J connectivity index is 2.48. The quantitative estimate of drug-likeness (QED) is 0.235. The largest absolute Gasteiger partial charge is 0.417 e. The van der Waals surface area contributed by atoms with Crippen molar-refractivity contribution >= 4 is 47.1 Å². The van der Waals surface area contributed by atoms with Crippen molar-refractivity contribution in [2.45, 2.75) is 37.4 Å². The smallest absolute Gasteiger partial charge is 0.345 e. The Morgan fingerprint density at radius 1 is 0.976 bits per heavy atom. The molecule has 2 rings (SSSR count). The van der Waals surface area contributed by atoms with Gasteiger partial charge in [0, 0.05) is 11.1 Å². The number of hydrogen-bond acceptors (Lipinski definition) is 3. The van der Waals surface area contributed by atoms with Crippen molar-refractivity contribution < 1.29 is 58.3 Å². The number of carbonyl (C=O) groups is 3. The Hall–Kier alpha value is -3.33. The van der Waals surface area contributed by atoms with Gasteiger partial charge < -0.3 is 10.6 Å². The first-order valence-electron chi connectivity index (χ1n) is 10.9. The maximum absolute atomic E-state index is 15.0. The van der Waals surface area contributed by atoms with Crippen LogP contribution in [0.25, 0.3) is 5.83 Å². The van der Waals surface area contributed by atoms with Gasteiger partial charge in [-0.1, -0.05) is 29.3 Å². The van der Waals surface area contributed by atoms with Gasteiger partial charge in [-0.15, -0.1) is 0 Å². The first kappa shape index (κ1) is 33.9. The number of nitrogens with one attached hydrogen (secondary N) is 2. The van der Waals surface area contributed by atoms with Gasteiger partial charge in [-0.2, -0.15) is 39.5 Å². The second-order valence-corrected chi connectivity index (χ2v) is 9.13. The minimum Gasteiger partial charge on any atom is -0.345 e. The van der Waals surface area contributed by atoms with E-state index in [2.05, 4.69) is 0 Å². The number of carbonyl (C=O) groups excluding carboxylic acids is 3. The number of hydrogen-bond donors (Lipinski definition) is 2. The Labute approximate surface area is 234 Å². The van der Waals surface area contributed by atoms with Crippen molar-refractivity contribution in [1.29, 1.82) is 0 Å². The third-order valence-electron chi connectivity index (χ3n) is 5.28. The van der Waals surface area contributed by atoms with Crippen LogP contribution in [0.1, 0.15) is 50.2 Å². The van der Waals surface area contributed by atoms with E-state index in [9.17, 15) is 58.3 Å². The SMILES string of the molecule is CC(NC(=O)c1ccc(/C(F)=C/C(c2cc(Cl)c(Cl)c(C=O)c2)C(F)(F)F)cc1C(F)(F)F)C(=O)NCC(F)(F)F. The summed E-state index contributed by atoms with van der Waals surface area (Å²) in [6.45, 7) is -0.901. The fourth-order valence-corrected chi connectivity index (χ4v) is 3.71. The van der Waals surface area contributed by atoms with E-state index in [1.165, 1.54) is 5.32 Å². The Bertz CT molecular complexity index is 1350. The molecular formula is C24H16Cl2F10N2O3. The van der Waals surface area contributed by atoms with Crippen LogP contribution in [-0.2, 0) is 11.0 Å². The molecule has 2 aromatic rings. The molecular weight excluding hydrogens is 625 g/mol. The van der Waals surface area contributed by atoms with Crippen LogP contribution in [0, 0.1) is 0 Å². The molecule has 2 N–H and O–H groups in total. The molecule has 0 bridgehead atoms. The van der Waals surface area contributed by atoms with Crippen molar-refractivity contribution in [2.24, 2.45) is 0 Å². The number of benzene rings is 2. The van der Waals surface area contributed by atoms with Crippen molar-refractivity contribution in [1.82, 2.24) is 10.6 Å². The van der Waals surface area contributed by atoms with Gasteiger partial charge in [0.25, 0.3) is 5.91 Å². The Morgan fingerprint density at radius 2 is 1.59 bits per heavy atom. The van der Waals surface area contributed by atoms with Gasteiger partial charge in [0.2, 0.25) is 5.91 Å². The molecule has 0 aliphatic carbocycles. The van der Waals surface area contributed by atoms with Crippen LogP contribution in [0.15, 0.2) is 36.4 Å². The van der Waals surface area contributed by atoms with Gasteiger partial charge >= 0.3 is 18.5 Å². The highest BCUT2D eigenvalue weighted by molar-refractivity contribution is 6.43. The van der Waals surface area contributed by atoms with Gasteiger partial charge in [-0.05, 0) is 42.8 Å². The van der Waals surface area contributed by atoms with Crippen LogP contribution in [0.4, 0.5) is 43.9 Å². The standard InChI is InChI=1S/C24H16Cl2F10N2O3/c1-10(20(40)37-9-22(28,29)30)38-21(41)14-3-2-11(5-16(14)24(34,35)36)18(27)7-15(23(31,32)33)12-4-13(8-39)19(26)17(25)6-12/h2-8,10,15H,9H2,1H3,(H,37,40)(H,38,41)/b18-7-. The zero-order valence-electron chi connectivity index (χ0n) is 20.2. The van der Waals surface area contributed by atoms with Crippen molar-refractivity contribution in [3.63, 3.8) is 0 Å². The topological polar surface area (TPSA) is 75.3 Å². The molecule has 2 aromatic carbocycles. The van der Waals surface area contributed by atoms with E-state index in [4.69, 9.17) is 23.2 Å².